The average Bonchev–Trinajstić information content (AvgIpc) is 2.98. The Morgan fingerprint density at radius 1 is 0.880 bits per heavy atom. The number of aromatic hydroxyl groups is 2. The topological polar surface area (TPSA) is 83.0 Å². The molecule has 1 aliphatic heterocycles. The Balaban J connectivity index is 1.92. The highest BCUT2D eigenvalue weighted by Crippen LogP contribution is 2.38. The lowest BCUT2D eigenvalue weighted by molar-refractivity contribution is 0.450. The molecule has 3 heterocycles. The van der Waals surface area contributed by atoms with E-state index in [-0.39, 0.29) is 11.5 Å². The fourth-order valence-corrected chi connectivity index (χ4v) is 3.22. The van der Waals surface area contributed by atoms with Gasteiger partial charge in [0.2, 0.25) is 0 Å². The zero-order chi connectivity index (χ0) is 17.0. The van der Waals surface area contributed by atoms with Gasteiger partial charge in [-0.1, -0.05) is 18.2 Å². The maximum Gasteiger partial charge on any atom is 0.137 e. The first-order chi connectivity index (χ1) is 12.2. The first-order valence-electron chi connectivity index (χ1n) is 7.75. The Bertz CT molecular complexity index is 1180. The average molecular weight is 328 g/mol. The van der Waals surface area contributed by atoms with Crippen LogP contribution in [0.4, 0.5) is 5.69 Å². The van der Waals surface area contributed by atoms with Crippen LogP contribution in [0, 0.1) is 0 Å². The van der Waals surface area contributed by atoms with Crippen LogP contribution in [0.15, 0.2) is 66.0 Å². The molecule has 0 unspecified atom stereocenters. The van der Waals surface area contributed by atoms with Gasteiger partial charge in [-0.15, -0.1) is 0 Å². The minimum atomic E-state index is -0.0316. The minimum absolute atomic E-state index is 0.00151. The SMILES string of the molecule is Oc1ccc(C2=Nc3ccccc3-c3ncnn4ccc2c34)c(O)c1. The van der Waals surface area contributed by atoms with Crippen molar-refractivity contribution in [1.82, 2.24) is 14.6 Å². The third kappa shape index (κ3) is 1.94. The molecule has 0 radical (unpaired) electrons. The van der Waals surface area contributed by atoms with Gasteiger partial charge in [0.15, 0.2) is 0 Å². The molecular formula is C19H12N4O2. The highest BCUT2D eigenvalue weighted by Gasteiger charge is 2.24. The van der Waals surface area contributed by atoms with E-state index in [2.05, 4.69) is 10.1 Å². The molecule has 0 saturated heterocycles. The van der Waals surface area contributed by atoms with Crippen molar-refractivity contribution in [3.05, 3.63) is 72.2 Å². The Kier molecular flexibility index (Phi) is 2.70. The molecule has 4 aromatic rings. The number of aromatic nitrogens is 3. The number of para-hydroxylation sites is 1. The standard InChI is InChI=1S/C19H12N4O2/c24-11-5-6-13(16(25)9-11)17-14-7-8-23-19(14)18(20-10-21-23)12-3-1-2-4-15(12)22-17/h1-10,24-25H. The van der Waals surface area contributed by atoms with Crippen LogP contribution in [-0.2, 0) is 0 Å². The largest absolute Gasteiger partial charge is 0.508 e. The highest BCUT2D eigenvalue weighted by atomic mass is 16.3. The van der Waals surface area contributed by atoms with Crippen molar-refractivity contribution in [3.8, 4) is 22.8 Å². The first kappa shape index (κ1) is 13.7. The number of benzene rings is 2. The number of phenols is 2. The van der Waals surface area contributed by atoms with E-state index in [1.54, 1.807) is 10.6 Å². The Morgan fingerprint density at radius 2 is 1.76 bits per heavy atom. The smallest absolute Gasteiger partial charge is 0.137 e. The molecule has 2 aromatic carbocycles. The molecule has 0 aliphatic carbocycles. The summed E-state index contributed by atoms with van der Waals surface area (Å²) in [5, 5.41) is 24.2. The normalized spacial score (nSPS) is 12.6. The van der Waals surface area contributed by atoms with Crippen LogP contribution in [-0.4, -0.2) is 30.5 Å². The van der Waals surface area contributed by atoms with Crippen molar-refractivity contribution >= 4 is 16.9 Å². The number of nitrogens with zero attached hydrogens (tertiary/aromatic N) is 4. The molecule has 0 atom stereocenters. The lowest BCUT2D eigenvalue weighted by Gasteiger charge is -2.08. The van der Waals surface area contributed by atoms with Crippen molar-refractivity contribution in [1.29, 1.82) is 0 Å². The van der Waals surface area contributed by atoms with E-state index in [0.717, 1.165) is 28.0 Å². The number of hydrogen-bond acceptors (Lipinski definition) is 5. The number of hydrogen-bond donors (Lipinski definition) is 2. The second kappa shape index (κ2) is 4.91. The molecule has 5 rings (SSSR count). The molecular weight excluding hydrogens is 316 g/mol. The maximum atomic E-state index is 10.3. The second-order valence-corrected chi connectivity index (χ2v) is 5.81. The van der Waals surface area contributed by atoms with Crippen LogP contribution >= 0.6 is 0 Å². The van der Waals surface area contributed by atoms with Crippen LogP contribution < -0.4 is 0 Å². The highest BCUT2D eigenvalue weighted by molar-refractivity contribution is 6.21. The van der Waals surface area contributed by atoms with Gasteiger partial charge < -0.3 is 10.2 Å². The number of phenolic OH excluding ortho intramolecular Hbond substituents is 2. The third-order valence-corrected chi connectivity index (χ3v) is 4.34. The van der Waals surface area contributed by atoms with Crippen LogP contribution in [0.3, 0.4) is 0 Å². The van der Waals surface area contributed by atoms with Crippen LogP contribution in [0.1, 0.15) is 11.1 Å². The van der Waals surface area contributed by atoms with E-state index in [1.807, 2.05) is 36.5 Å². The molecule has 0 amide bonds. The lowest BCUT2D eigenvalue weighted by atomic mass is 10.0. The molecule has 2 aromatic heterocycles. The summed E-state index contributed by atoms with van der Waals surface area (Å²) in [4.78, 5) is 9.27. The summed E-state index contributed by atoms with van der Waals surface area (Å²) in [6.07, 6.45) is 3.36. The summed E-state index contributed by atoms with van der Waals surface area (Å²) in [5.41, 5.74) is 5.28. The quantitative estimate of drug-likeness (QED) is 0.494. The monoisotopic (exact) mass is 328 g/mol. The van der Waals surface area contributed by atoms with E-state index < -0.39 is 0 Å². The van der Waals surface area contributed by atoms with E-state index >= 15 is 0 Å². The predicted octanol–water partition coefficient (Wildman–Crippen LogP) is 3.29. The van der Waals surface area contributed by atoms with E-state index in [1.165, 1.54) is 18.5 Å². The van der Waals surface area contributed by atoms with Gasteiger partial charge in [-0.2, -0.15) is 5.10 Å². The minimum Gasteiger partial charge on any atom is -0.508 e. The molecule has 6 heteroatoms. The zero-order valence-electron chi connectivity index (χ0n) is 13.0. The number of fused-ring (bicyclic) bond motifs is 2. The molecule has 1 aliphatic rings. The zero-order valence-corrected chi connectivity index (χ0v) is 13.0. The fraction of sp³-hybridized carbons (Fsp3) is 0. The Labute approximate surface area is 142 Å². The van der Waals surface area contributed by atoms with Crippen molar-refractivity contribution in [2.45, 2.75) is 0 Å². The van der Waals surface area contributed by atoms with Crippen molar-refractivity contribution in [2.75, 3.05) is 0 Å². The summed E-state index contributed by atoms with van der Waals surface area (Å²) in [6.45, 7) is 0. The molecule has 2 N–H and O–H groups in total. The number of aliphatic imine (C=N–C) groups is 1. The summed E-state index contributed by atoms with van der Waals surface area (Å²) in [7, 11) is 0. The second-order valence-electron chi connectivity index (χ2n) is 5.81. The van der Waals surface area contributed by atoms with Gasteiger partial charge in [-0.25, -0.2) is 14.5 Å². The van der Waals surface area contributed by atoms with E-state index in [0.29, 0.717) is 11.3 Å². The van der Waals surface area contributed by atoms with Crippen molar-refractivity contribution in [3.63, 3.8) is 0 Å². The van der Waals surface area contributed by atoms with Gasteiger partial charge in [0.05, 0.1) is 11.4 Å². The molecule has 120 valence electrons. The fourth-order valence-electron chi connectivity index (χ4n) is 3.22. The Hall–Kier alpha value is -3.67. The molecule has 0 spiro atoms. The predicted molar refractivity (Wildman–Crippen MR) is 93.5 cm³/mol. The molecule has 0 bridgehead atoms. The van der Waals surface area contributed by atoms with Crippen LogP contribution in [0.5, 0.6) is 11.5 Å². The Morgan fingerprint density at radius 3 is 2.64 bits per heavy atom. The van der Waals surface area contributed by atoms with Gasteiger partial charge in [-0.05, 0) is 24.3 Å². The number of rotatable bonds is 1. The van der Waals surface area contributed by atoms with Crippen molar-refractivity contribution in [2.24, 2.45) is 4.99 Å². The molecule has 0 saturated carbocycles. The van der Waals surface area contributed by atoms with Gasteiger partial charge in [0.1, 0.15) is 29.0 Å². The first-order valence-corrected chi connectivity index (χ1v) is 7.75. The van der Waals surface area contributed by atoms with Crippen molar-refractivity contribution < 1.29 is 10.2 Å². The summed E-state index contributed by atoms with van der Waals surface area (Å²) >= 11 is 0. The maximum absolute atomic E-state index is 10.3. The van der Waals surface area contributed by atoms with Crippen LogP contribution in [0.2, 0.25) is 0 Å². The van der Waals surface area contributed by atoms with Gasteiger partial charge in [0, 0.05) is 29.0 Å². The lowest BCUT2D eigenvalue weighted by Crippen LogP contribution is -2.03. The van der Waals surface area contributed by atoms with E-state index in [4.69, 9.17) is 4.99 Å². The van der Waals surface area contributed by atoms with E-state index in [9.17, 15) is 10.2 Å². The van der Waals surface area contributed by atoms with Crippen LogP contribution in [0.25, 0.3) is 16.8 Å². The van der Waals surface area contributed by atoms with Gasteiger partial charge in [0.25, 0.3) is 0 Å². The molecule has 0 fully saturated rings. The summed E-state index contributed by atoms with van der Waals surface area (Å²) < 4.78 is 1.76. The van der Waals surface area contributed by atoms with Gasteiger partial charge in [-0.3, -0.25) is 0 Å². The summed E-state index contributed by atoms with van der Waals surface area (Å²) in [5.74, 6) is -0.0301. The third-order valence-electron chi connectivity index (χ3n) is 4.34. The van der Waals surface area contributed by atoms with Gasteiger partial charge >= 0.3 is 0 Å². The molecule has 6 nitrogen and oxygen atoms in total. The summed E-state index contributed by atoms with van der Waals surface area (Å²) in [6, 6.07) is 14.1. The molecule has 25 heavy (non-hydrogen) atoms.